The molecule has 0 bridgehead atoms. The van der Waals surface area contributed by atoms with Gasteiger partial charge in [-0.15, -0.1) is 16.4 Å². The maximum absolute atomic E-state index is 13.7. The van der Waals surface area contributed by atoms with Gasteiger partial charge >= 0.3 is 0 Å². The summed E-state index contributed by atoms with van der Waals surface area (Å²) in [4.78, 5) is 18.2. The number of nitrogens with one attached hydrogen (secondary N) is 1. The number of carbonyl (C=O) groups is 1. The largest absolute Gasteiger partial charge is 0.350 e. The van der Waals surface area contributed by atoms with Gasteiger partial charge < -0.3 is 5.32 Å². The highest BCUT2D eigenvalue weighted by Gasteiger charge is 2.22. The van der Waals surface area contributed by atoms with Gasteiger partial charge in [0.15, 0.2) is 5.69 Å². The predicted molar refractivity (Wildman–Crippen MR) is 110 cm³/mol. The number of carbonyl (C=O) groups excluding carboxylic acids is 1. The van der Waals surface area contributed by atoms with Crippen molar-refractivity contribution in [3.63, 3.8) is 0 Å². The molecule has 4 rings (SSSR count). The zero-order valence-electron chi connectivity index (χ0n) is 15.7. The van der Waals surface area contributed by atoms with Crippen molar-refractivity contribution in [3.05, 3.63) is 82.2 Å². The summed E-state index contributed by atoms with van der Waals surface area (Å²) < 4.78 is 15.2. The van der Waals surface area contributed by atoms with Crippen molar-refractivity contribution in [2.24, 2.45) is 0 Å². The van der Waals surface area contributed by atoms with Crippen molar-refractivity contribution in [3.8, 4) is 16.9 Å². The number of hydrogen-bond donors (Lipinski definition) is 1. The van der Waals surface area contributed by atoms with E-state index in [2.05, 4.69) is 20.6 Å². The average Bonchev–Trinajstić information content (AvgIpc) is 3.40. The lowest BCUT2D eigenvalue weighted by atomic mass is 10.1. The van der Waals surface area contributed by atoms with E-state index in [-0.39, 0.29) is 17.4 Å². The topological polar surface area (TPSA) is 72.7 Å². The second-order valence-electron chi connectivity index (χ2n) is 6.46. The molecule has 29 heavy (non-hydrogen) atoms. The van der Waals surface area contributed by atoms with Gasteiger partial charge in [-0.2, -0.15) is 0 Å². The Morgan fingerprint density at radius 1 is 1.24 bits per heavy atom. The molecule has 0 spiro atoms. The first kappa shape index (κ1) is 18.9. The number of hydrogen-bond acceptors (Lipinski definition) is 5. The lowest BCUT2D eigenvalue weighted by molar-refractivity contribution is 0.0950. The molecule has 3 heterocycles. The molecule has 0 aliphatic rings. The molecule has 0 aliphatic carbocycles. The second-order valence-corrected chi connectivity index (χ2v) is 7.49. The summed E-state index contributed by atoms with van der Waals surface area (Å²) in [5.74, 6) is -0.617. The number of rotatable bonds is 6. The molecule has 0 aliphatic heterocycles. The highest BCUT2D eigenvalue weighted by molar-refractivity contribution is 7.09. The third kappa shape index (κ3) is 4.07. The van der Waals surface area contributed by atoms with Crippen LogP contribution in [0.5, 0.6) is 0 Å². The molecule has 1 aromatic carbocycles. The van der Waals surface area contributed by atoms with Crippen LogP contribution < -0.4 is 5.32 Å². The Kier molecular flexibility index (Phi) is 5.44. The number of amides is 1. The zero-order chi connectivity index (χ0) is 20.2. The van der Waals surface area contributed by atoms with E-state index in [4.69, 9.17) is 0 Å². The van der Waals surface area contributed by atoms with Crippen molar-refractivity contribution in [1.29, 1.82) is 0 Å². The smallest absolute Gasteiger partial charge is 0.274 e. The van der Waals surface area contributed by atoms with Crippen molar-refractivity contribution < 1.29 is 9.18 Å². The Balaban J connectivity index is 1.67. The van der Waals surface area contributed by atoms with E-state index in [1.54, 1.807) is 48.9 Å². The molecule has 3 aromatic heterocycles. The predicted octanol–water partition coefficient (Wildman–Crippen LogP) is 3.81. The van der Waals surface area contributed by atoms with Crippen molar-refractivity contribution in [2.75, 3.05) is 6.54 Å². The number of aryl methyl sites for hydroxylation is 1. The number of benzene rings is 1. The molecule has 1 amide bonds. The summed E-state index contributed by atoms with van der Waals surface area (Å²) in [5, 5.41) is 13.2. The lowest BCUT2D eigenvalue weighted by Gasteiger charge is -2.09. The van der Waals surface area contributed by atoms with Gasteiger partial charge in [-0.25, -0.2) is 9.07 Å². The Bertz CT molecular complexity index is 1130. The number of aromatic nitrogens is 4. The highest BCUT2D eigenvalue weighted by atomic mass is 32.1. The number of nitrogens with zero attached hydrogens (tertiary/aromatic N) is 4. The number of thiophene rings is 1. The molecular weight excluding hydrogens is 389 g/mol. The van der Waals surface area contributed by atoms with E-state index in [1.807, 2.05) is 23.6 Å². The fraction of sp³-hybridized carbons (Fsp3) is 0.143. The van der Waals surface area contributed by atoms with E-state index in [1.165, 1.54) is 15.6 Å². The first-order chi connectivity index (χ1) is 14.1. The van der Waals surface area contributed by atoms with Crippen LogP contribution in [0.15, 0.2) is 60.2 Å². The highest BCUT2D eigenvalue weighted by Crippen LogP contribution is 2.25. The number of halogens is 1. The molecule has 146 valence electrons. The first-order valence-electron chi connectivity index (χ1n) is 9.06. The molecule has 0 unspecified atom stereocenters. The second kappa shape index (κ2) is 8.32. The Labute approximate surface area is 171 Å². The minimum atomic E-state index is -0.314. The summed E-state index contributed by atoms with van der Waals surface area (Å²) in [6, 6.07) is 12.3. The molecule has 0 radical (unpaired) electrons. The first-order valence-corrected chi connectivity index (χ1v) is 9.94. The molecule has 0 saturated carbocycles. The van der Waals surface area contributed by atoms with Crippen LogP contribution >= 0.6 is 11.3 Å². The lowest BCUT2D eigenvalue weighted by Crippen LogP contribution is -2.26. The third-order valence-corrected chi connectivity index (χ3v) is 5.38. The Morgan fingerprint density at radius 3 is 2.86 bits per heavy atom. The maximum atomic E-state index is 13.7. The fourth-order valence-electron chi connectivity index (χ4n) is 2.98. The van der Waals surface area contributed by atoms with Crippen LogP contribution in [-0.4, -0.2) is 32.4 Å². The fourth-order valence-corrected chi connectivity index (χ4v) is 3.68. The summed E-state index contributed by atoms with van der Waals surface area (Å²) in [7, 11) is 0. The van der Waals surface area contributed by atoms with Gasteiger partial charge in [-0.05, 0) is 60.7 Å². The van der Waals surface area contributed by atoms with Crippen LogP contribution in [-0.2, 0) is 6.42 Å². The molecule has 0 fully saturated rings. The van der Waals surface area contributed by atoms with Gasteiger partial charge in [-0.3, -0.25) is 9.78 Å². The molecule has 8 heteroatoms. The van der Waals surface area contributed by atoms with Crippen LogP contribution in [0.25, 0.3) is 16.9 Å². The van der Waals surface area contributed by atoms with E-state index in [9.17, 15) is 9.18 Å². The zero-order valence-corrected chi connectivity index (χ0v) is 16.5. The third-order valence-electron chi connectivity index (χ3n) is 4.44. The van der Waals surface area contributed by atoms with Gasteiger partial charge in [0, 0.05) is 29.4 Å². The average molecular weight is 407 g/mol. The monoisotopic (exact) mass is 407 g/mol. The Hall–Kier alpha value is -3.39. The minimum absolute atomic E-state index is 0.200. The standard InChI is InChI=1S/C21H18FN5OS/c1-14-12-16(6-7-18(14)22)27-20(15-4-2-9-23-13-15)19(25-26-27)21(28)24-10-8-17-5-3-11-29-17/h2-7,9,11-13H,8,10H2,1H3,(H,24,28). The summed E-state index contributed by atoms with van der Waals surface area (Å²) in [5.41, 5.74) is 2.51. The maximum Gasteiger partial charge on any atom is 0.274 e. The van der Waals surface area contributed by atoms with Crippen molar-refractivity contribution in [2.45, 2.75) is 13.3 Å². The van der Waals surface area contributed by atoms with Gasteiger partial charge in [0.2, 0.25) is 0 Å². The SMILES string of the molecule is Cc1cc(-n2nnc(C(=O)NCCc3cccs3)c2-c2cccnc2)ccc1F. The van der Waals surface area contributed by atoms with Crippen LogP contribution in [0.4, 0.5) is 4.39 Å². The molecule has 0 atom stereocenters. The van der Waals surface area contributed by atoms with E-state index in [0.29, 0.717) is 29.1 Å². The van der Waals surface area contributed by atoms with Gasteiger partial charge in [-0.1, -0.05) is 11.3 Å². The van der Waals surface area contributed by atoms with Crippen LogP contribution in [0, 0.1) is 12.7 Å². The summed E-state index contributed by atoms with van der Waals surface area (Å²) >= 11 is 1.65. The molecule has 0 saturated heterocycles. The van der Waals surface area contributed by atoms with Crippen molar-refractivity contribution in [1.82, 2.24) is 25.3 Å². The van der Waals surface area contributed by atoms with Gasteiger partial charge in [0.25, 0.3) is 5.91 Å². The van der Waals surface area contributed by atoms with Gasteiger partial charge in [0.1, 0.15) is 11.5 Å². The number of pyridine rings is 1. The molecule has 6 nitrogen and oxygen atoms in total. The van der Waals surface area contributed by atoms with Crippen molar-refractivity contribution >= 4 is 17.2 Å². The van der Waals surface area contributed by atoms with Crippen LogP contribution in [0.3, 0.4) is 0 Å². The van der Waals surface area contributed by atoms with Crippen LogP contribution in [0.1, 0.15) is 20.9 Å². The summed E-state index contributed by atoms with van der Waals surface area (Å²) in [6.45, 7) is 2.17. The minimum Gasteiger partial charge on any atom is -0.350 e. The molecule has 1 N–H and O–H groups in total. The van der Waals surface area contributed by atoms with Crippen LogP contribution in [0.2, 0.25) is 0 Å². The molecular formula is C21H18FN5OS. The quantitative estimate of drug-likeness (QED) is 0.528. The Morgan fingerprint density at radius 2 is 2.14 bits per heavy atom. The van der Waals surface area contributed by atoms with E-state index < -0.39 is 0 Å². The van der Waals surface area contributed by atoms with Gasteiger partial charge in [0.05, 0.1) is 5.69 Å². The van der Waals surface area contributed by atoms with E-state index in [0.717, 1.165) is 6.42 Å². The summed E-state index contributed by atoms with van der Waals surface area (Å²) in [6.07, 6.45) is 4.05. The van der Waals surface area contributed by atoms with E-state index >= 15 is 0 Å². The molecule has 4 aromatic rings. The normalized spacial score (nSPS) is 10.8.